The molecule has 3 rings (SSSR count). The molecular formula is C20H14Cl2FN3O2S. The zero-order valence-electron chi connectivity index (χ0n) is 15.3. The van der Waals surface area contributed by atoms with Gasteiger partial charge in [0.1, 0.15) is 16.8 Å². The second-order valence-electron chi connectivity index (χ2n) is 6.17. The van der Waals surface area contributed by atoms with Crippen LogP contribution in [0.2, 0.25) is 10.0 Å². The third kappa shape index (κ3) is 4.06. The highest BCUT2D eigenvalue weighted by Crippen LogP contribution is 2.31. The van der Waals surface area contributed by atoms with Crippen molar-refractivity contribution in [3.63, 3.8) is 0 Å². The van der Waals surface area contributed by atoms with E-state index in [-0.39, 0.29) is 20.8 Å². The van der Waals surface area contributed by atoms with Gasteiger partial charge in [0.2, 0.25) is 9.84 Å². The Morgan fingerprint density at radius 3 is 2.45 bits per heavy atom. The first kappa shape index (κ1) is 21.1. The van der Waals surface area contributed by atoms with Crippen molar-refractivity contribution < 1.29 is 12.8 Å². The Morgan fingerprint density at radius 2 is 1.83 bits per heavy atom. The highest BCUT2D eigenvalue weighted by Gasteiger charge is 2.25. The normalized spacial score (nSPS) is 12.1. The van der Waals surface area contributed by atoms with Crippen LogP contribution in [0, 0.1) is 31.0 Å². The van der Waals surface area contributed by atoms with Gasteiger partial charge in [0, 0.05) is 16.3 Å². The highest BCUT2D eigenvalue weighted by molar-refractivity contribution is 7.95. The predicted molar refractivity (Wildman–Crippen MR) is 110 cm³/mol. The monoisotopic (exact) mass is 449 g/mol. The van der Waals surface area contributed by atoms with Crippen molar-refractivity contribution in [3.8, 4) is 11.8 Å². The molecule has 2 aromatic carbocycles. The lowest BCUT2D eigenvalue weighted by Crippen LogP contribution is -2.05. The van der Waals surface area contributed by atoms with E-state index in [9.17, 15) is 18.1 Å². The van der Waals surface area contributed by atoms with Gasteiger partial charge in [-0.25, -0.2) is 17.5 Å². The minimum absolute atomic E-state index is 0.0361. The molecule has 0 amide bonds. The summed E-state index contributed by atoms with van der Waals surface area (Å²) in [6.45, 7) is 3.41. The number of allylic oxidation sites excluding steroid dienone is 1. The Balaban J connectivity index is 2.14. The fraction of sp³-hybridized carbons (Fsp3) is 0.100. The smallest absolute Gasteiger partial charge is 0.218 e. The van der Waals surface area contributed by atoms with Crippen LogP contribution in [0.15, 0.2) is 52.3 Å². The number of nitriles is 1. The van der Waals surface area contributed by atoms with Crippen molar-refractivity contribution in [1.29, 1.82) is 5.26 Å². The summed E-state index contributed by atoms with van der Waals surface area (Å²) in [7, 11) is -4.20. The number of aryl methyl sites for hydroxylation is 1. The van der Waals surface area contributed by atoms with Crippen LogP contribution in [0.4, 0.5) is 4.39 Å². The molecule has 0 fully saturated rings. The van der Waals surface area contributed by atoms with Crippen molar-refractivity contribution in [2.45, 2.75) is 18.7 Å². The molecule has 0 aliphatic carbocycles. The van der Waals surface area contributed by atoms with Gasteiger partial charge in [0.15, 0.2) is 0 Å². The lowest BCUT2D eigenvalue weighted by molar-refractivity contribution is 0.603. The van der Waals surface area contributed by atoms with Crippen LogP contribution in [0.5, 0.6) is 0 Å². The molecular weight excluding hydrogens is 436 g/mol. The Kier molecular flexibility index (Phi) is 5.80. The van der Waals surface area contributed by atoms with E-state index in [1.807, 2.05) is 0 Å². The largest absolute Gasteiger partial charge is 0.237 e. The zero-order chi connectivity index (χ0) is 21.3. The highest BCUT2D eigenvalue weighted by atomic mass is 35.5. The van der Waals surface area contributed by atoms with Gasteiger partial charge in [-0.2, -0.15) is 10.4 Å². The van der Waals surface area contributed by atoms with E-state index >= 15 is 0 Å². The molecule has 3 aromatic rings. The number of hydrogen-bond acceptors (Lipinski definition) is 4. The average Bonchev–Trinajstić information content (AvgIpc) is 2.96. The molecule has 0 unspecified atom stereocenters. The summed E-state index contributed by atoms with van der Waals surface area (Å²) in [5.74, 6) is -0.383. The molecule has 0 aliphatic heterocycles. The van der Waals surface area contributed by atoms with E-state index in [0.717, 1.165) is 0 Å². The van der Waals surface area contributed by atoms with Gasteiger partial charge >= 0.3 is 0 Å². The second-order valence-corrected chi connectivity index (χ2v) is 8.90. The number of aromatic nitrogens is 2. The summed E-state index contributed by atoms with van der Waals surface area (Å²) in [6, 6.07) is 11.4. The van der Waals surface area contributed by atoms with E-state index in [2.05, 4.69) is 5.10 Å². The number of sulfone groups is 1. The first-order chi connectivity index (χ1) is 13.6. The van der Waals surface area contributed by atoms with Gasteiger partial charge in [-0.05, 0) is 62.4 Å². The fourth-order valence-electron chi connectivity index (χ4n) is 2.80. The molecule has 0 spiro atoms. The van der Waals surface area contributed by atoms with Crippen LogP contribution in [0.1, 0.15) is 17.0 Å². The van der Waals surface area contributed by atoms with Gasteiger partial charge < -0.3 is 0 Å². The van der Waals surface area contributed by atoms with Crippen molar-refractivity contribution in [1.82, 2.24) is 9.78 Å². The van der Waals surface area contributed by atoms with E-state index in [1.54, 1.807) is 36.7 Å². The summed E-state index contributed by atoms with van der Waals surface area (Å²) in [5.41, 5.74) is 2.17. The summed E-state index contributed by atoms with van der Waals surface area (Å²) < 4.78 is 40.7. The average molecular weight is 450 g/mol. The number of rotatable bonds is 4. The molecule has 0 aliphatic rings. The van der Waals surface area contributed by atoms with Gasteiger partial charge in [0.05, 0.1) is 21.3 Å². The molecule has 0 radical (unpaired) electrons. The van der Waals surface area contributed by atoms with E-state index < -0.39 is 14.7 Å². The number of hydrogen-bond donors (Lipinski definition) is 0. The van der Waals surface area contributed by atoms with Crippen LogP contribution >= 0.6 is 23.2 Å². The van der Waals surface area contributed by atoms with Gasteiger partial charge in [0.25, 0.3) is 0 Å². The summed E-state index contributed by atoms with van der Waals surface area (Å²) in [5, 5.41) is 14.1. The maximum absolute atomic E-state index is 13.2. The molecule has 0 bridgehead atoms. The molecule has 9 heteroatoms. The maximum atomic E-state index is 13.2. The Labute approximate surface area is 177 Å². The molecule has 0 saturated carbocycles. The minimum Gasteiger partial charge on any atom is -0.237 e. The van der Waals surface area contributed by atoms with Gasteiger partial charge in [-0.1, -0.05) is 23.2 Å². The molecule has 0 atom stereocenters. The minimum atomic E-state index is -4.20. The molecule has 1 aromatic heterocycles. The fourth-order valence-corrected chi connectivity index (χ4v) is 4.70. The van der Waals surface area contributed by atoms with Crippen molar-refractivity contribution in [2.24, 2.45) is 0 Å². The van der Waals surface area contributed by atoms with Crippen molar-refractivity contribution in [2.75, 3.05) is 0 Å². The number of halogens is 3. The first-order valence-corrected chi connectivity index (χ1v) is 10.5. The third-order valence-corrected chi connectivity index (χ3v) is 6.66. The Bertz CT molecular complexity index is 1270. The summed E-state index contributed by atoms with van der Waals surface area (Å²) in [6.07, 6.45) is 1.25. The Hall–Kier alpha value is -2.66. The van der Waals surface area contributed by atoms with E-state index in [4.69, 9.17) is 23.2 Å². The standard InChI is InChI=1S/C20H14Cl2FN3O2S/c1-12-18(13(2)26(25-12)16-6-4-15(23)5-7-16)10-17(11-24)29(27,28)20-9-14(21)3-8-19(20)22/h3-10H,1-2H3. The zero-order valence-corrected chi connectivity index (χ0v) is 17.6. The summed E-state index contributed by atoms with van der Waals surface area (Å²) >= 11 is 11.9. The van der Waals surface area contributed by atoms with Gasteiger partial charge in [-0.3, -0.25) is 0 Å². The molecule has 148 valence electrons. The van der Waals surface area contributed by atoms with Crippen LogP contribution in [0.3, 0.4) is 0 Å². The molecule has 5 nitrogen and oxygen atoms in total. The van der Waals surface area contributed by atoms with E-state index in [0.29, 0.717) is 22.6 Å². The van der Waals surface area contributed by atoms with Crippen LogP contribution in [-0.4, -0.2) is 18.2 Å². The quantitative estimate of drug-likeness (QED) is 0.508. The number of nitrogens with zero attached hydrogens (tertiary/aromatic N) is 3. The summed E-state index contributed by atoms with van der Waals surface area (Å²) in [4.78, 5) is -0.743. The second kappa shape index (κ2) is 7.99. The third-order valence-electron chi connectivity index (χ3n) is 4.28. The Morgan fingerprint density at radius 1 is 1.17 bits per heavy atom. The van der Waals surface area contributed by atoms with E-state index in [1.165, 1.54) is 36.4 Å². The lowest BCUT2D eigenvalue weighted by atomic mass is 10.2. The van der Waals surface area contributed by atoms with Crippen LogP contribution in [-0.2, 0) is 9.84 Å². The molecule has 0 N–H and O–H groups in total. The van der Waals surface area contributed by atoms with Gasteiger partial charge in [-0.15, -0.1) is 0 Å². The topological polar surface area (TPSA) is 75.8 Å². The van der Waals surface area contributed by atoms with Crippen molar-refractivity contribution >= 4 is 39.1 Å². The molecule has 1 heterocycles. The molecule has 0 saturated heterocycles. The maximum Gasteiger partial charge on any atom is 0.218 e. The SMILES string of the molecule is Cc1nn(-c2ccc(F)cc2)c(C)c1C=C(C#N)S(=O)(=O)c1cc(Cl)ccc1Cl. The van der Waals surface area contributed by atoms with Crippen molar-refractivity contribution in [3.05, 3.63) is 80.2 Å². The first-order valence-electron chi connectivity index (χ1n) is 8.29. The van der Waals surface area contributed by atoms with Crippen LogP contribution < -0.4 is 0 Å². The molecule has 29 heavy (non-hydrogen) atoms. The lowest BCUT2D eigenvalue weighted by Gasteiger charge is -2.07. The number of benzene rings is 2. The van der Waals surface area contributed by atoms with Crippen LogP contribution in [0.25, 0.3) is 11.8 Å². The predicted octanol–water partition coefficient (Wildman–Crippen LogP) is 5.27.